The maximum atomic E-state index is 12.0. The molecule has 0 spiro atoms. The minimum atomic E-state index is -0.326. The van der Waals surface area contributed by atoms with Crippen LogP contribution in [0, 0.1) is 5.41 Å². The average Bonchev–Trinajstić information content (AvgIpc) is 2.48. The summed E-state index contributed by atoms with van der Waals surface area (Å²) in [5.41, 5.74) is 1.12. The second-order valence-corrected chi connectivity index (χ2v) is 3.93. The van der Waals surface area contributed by atoms with Gasteiger partial charge in [0.1, 0.15) is 11.6 Å². The van der Waals surface area contributed by atoms with E-state index in [0.29, 0.717) is 16.9 Å². The van der Waals surface area contributed by atoms with E-state index in [1.165, 1.54) is 0 Å². The van der Waals surface area contributed by atoms with Crippen molar-refractivity contribution in [3.05, 3.63) is 65.7 Å². The van der Waals surface area contributed by atoms with Gasteiger partial charge in [-0.1, -0.05) is 36.4 Å². The first kappa shape index (κ1) is 12.8. The first-order valence-electron chi connectivity index (χ1n) is 5.80. The number of rotatable bonds is 3. The molecule has 0 saturated carbocycles. The number of nitrogens with one attached hydrogen (secondary N) is 2. The van der Waals surface area contributed by atoms with Crippen LogP contribution in [0.1, 0.15) is 15.9 Å². The van der Waals surface area contributed by atoms with Crippen molar-refractivity contribution in [3.8, 4) is 5.75 Å². The molecule has 1 amide bonds. The molecule has 0 aliphatic rings. The lowest BCUT2D eigenvalue weighted by atomic mass is 10.1. The van der Waals surface area contributed by atoms with Gasteiger partial charge in [0, 0.05) is 11.1 Å². The Hall–Kier alpha value is -2.62. The van der Waals surface area contributed by atoms with Crippen molar-refractivity contribution in [3.63, 3.8) is 0 Å². The van der Waals surface area contributed by atoms with Crippen molar-refractivity contribution < 1.29 is 9.53 Å². The highest BCUT2D eigenvalue weighted by molar-refractivity contribution is 6.11. The van der Waals surface area contributed by atoms with Gasteiger partial charge in [0.15, 0.2) is 0 Å². The second-order valence-electron chi connectivity index (χ2n) is 3.93. The zero-order valence-corrected chi connectivity index (χ0v) is 10.5. The predicted molar refractivity (Wildman–Crippen MR) is 73.7 cm³/mol. The van der Waals surface area contributed by atoms with E-state index in [1.54, 1.807) is 43.5 Å². The van der Waals surface area contributed by atoms with Crippen molar-refractivity contribution in [2.24, 2.45) is 0 Å². The Morgan fingerprint density at radius 1 is 1.05 bits per heavy atom. The molecular formula is C15H14N2O2. The Kier molecular flexibility index (Phi) is 3.93. The number of ether oxygens (including phenoxy) is 1. The normalized spacial score (nSPS) is 9.74. The summed E-state index contributed by atoms with van der Waals surface area (Å²) in [5.74, 6) is 0.361. The van der Waals surface area contributed by atoms with Gasteiger partial charge >= 0.3 is 0 Å². The van der Waals surface area contributed by atoms with E-state index in [2.05, 4.69) is 5.32 Å². The van der Waals surface area contributed by atoms with E-state index in [1.807, 2.05) is 18.2 Å². The van der Waals surface area contributed by atoms with Crippen LogP contribution in [0.25, 0.3) is 0 Å². The number of benzene rings is 2. The fourth-order valence-electron chi connectivity index (χ4n) is 1.63. The molecule has 2 N–H and O–H groups in total. The van der Waals surface area contributed by atoms with Crippen molar-refractivity contribution in [1.82, 2.24) is 5.32 Å². The Labute approximate surface area is 111 Å². The third-order valence-electron chi connectivity index (χ3n) is 2.63. The molecule has 96 valence electrons. The van der Waals surface area contributed by atoms with Crippen LogP contribution in [0.2, 0.25) is 0 Å². The van der Waals surface area contributed by atoms with E-state index in [0.717, 1.165) is 0 Å². The summed E-state index contributed by atoms with van der Waals surface area (Å²) >= 11 is 0. The topological polar surface area (TPSA) is 62.2 Å². The molecule has 0 bridgehead atoms. The quantitative estimate of drug-likeness (QED) is 0.652. The van der Waals surface area contributed by atoms with Crippen LogP contribution in [0.15, 0.2) is 54.6 Å². The molecule has 0 aliphatic carbocycles. The highest BCUT2D eigenvalue weighted by Gasteiger charge is 2.09. The van der Waals surface area contributed by atoms with Crippen molar-refractivity contribution >= 4 is 11.7 Å². The number of hydrogen-bond acceptors (Lipinski definition) is 3. The summed E-state index contributed by atoms with van der Waals surface area (Å²) in [6, 6.07) is 15.9. The van der Waals surface area contributed by atoms with Crippen molar-refractivity contribution in [1.29, 1.82) is 5.41 Å². The van der Waals surface area contributed by atoms with Gasteiger partial charge < -0.3 is 10.1 Å². The van der Waals surface area contributed by atoms with Gasteiger partial charge in [-0.3, -0.25) is 10.2 Å². The molecule has 2 aromatic carbocycles. The van der Waals surface area contributed by atoms with Gasteiger partial charge in [0.25, 0.3) is 5.91 Å². The number of carbonyl (C=O) groups is 1. The van der Waals surface area contributed by atoms with Gasteiger partial charge in [0.2, 0.25) is 0 Å². The summed E-state index contributed by atoms with van der Waals surface area (Å²) in [6.45, 7) is 0. The van der Waals surface area contributed by atoms with Gasteiger partial charge in [-0.15, -0.1) is 0 Å². The molecule has 0 saturated heterocycles. The third kappa shape index (κ3) is 3.19. The minimum absolute atomic E-state index is 0.0772. The van der Waals surface area contributed by atoms with Crippen LogP contribution in [-0.4, -0.2) is 18.9 Å². The number of methoxy groups -OCH3 is 1. The van der Waals surface area contributed by atoms with Crippen LogP contribution in [0.3, 0.4) is 0 Å². The van der Waals surface area contributed by atoms with Crippen LogP contribution in [0.4, 0.5) is 0 Å². The SMILES string of the molecule is COc1cccc(C(=O)NC(=N)c2ccccc2)c1. The van der Waals surface area contributed by atoms with Gasteiger partial charge in [-0.05, 0) is 18.2 Å². The summed E-state index contributed by atoms with van der Waals surface area (Å²) < 4.78 is 5.06. The molecule has 0 radical (unpaired) electrons. The highest BCUT2D eigenvalue weighted by Crippen LogP contribution is 2.12. The molecule has 0 unspecified atom stereocenters. The summed E-state index contributed by atoms with van der Waals surface area (Å²) in [6.07, 6.45) is 0. The maximum Gasteiger partial charge on any atom is 0.256 e. The molecule has 19 heavy (non-hydrogen) atoms. The Morgan fingerprint density at radius 2 is 1.74 bits per heavy atom. The standard InChI is InChI=1S/C15H14N2O2/c1-19-13-9-5-8-12(10-13)15(18)17-14(16)11-6-3-2-4-7-11/h2-10H,1H3,(H2,16,17,18). The molecule has 0 heterocycles. The van der Waals surface area contributed by atoms with Crippen LogP contribution < -0.4 is 10.1 Å². The lowest BCUT2D eigenvalue weighted by Gasteiger charge is -2.07. The Balaban J connectivity index is 2.11. The third-order valence-corrected chi connectivity index (χ3v) is 2.63. The second kappa shape index (κ2) is 5.82. The first-order valence-corrected chi connectivity index (χ1v) is 5.80. The van der Waals surface area contributed by atoms with E-state index < -0.39 is 0 Å². The Morgan fingerprint density at radius 3 is 2.42 bits per heavy atom. The van der Waals surface area contributed by atoms with Gasteiger partial charge in [-0.2, -0.15) is 0 Å². The summed E-state index contributed by atoms with van der Waals surface area (Å²) in [4.78, 5) is 12.0. The van der Waals surface area contributed by atoms with Crippen molar-refractivity contribution in [2.75, 3.05) is 7.11 Å². The number of hydrogen-bond donors (Lipinski definition) is 2. The smallest absolute Gasteiger partial charge is 0.256 e. The number of amidine groups is 1. The molecule has 4 heteroatoms. The van der Waals surface area contributed by atoms with Gasteiger partial charge in [-0.25, -0.2) is 0 Å². The molecule has 0 atom stereocenters. The predicted octanol–water partition coefficient (Wildman–Crippen LogP) is 2.45. The van der Waals surface area contributed by atoms with E-state index in [9.17, 15) is 4.79 Å². The average molecular weight is 254 g/mol. The fraction of sp³-hybridized carbons (Fsp3) is 0.0667. The van der Waals surface area contributed by atoms with Crippen molar-refractivity contribution in [2.45, 2.75) is 0 Å². The van der Waals surface area contributed by atoms with Gasteiger partial charge in [0.05, 0.1) is 7.11 Å². The molecule has 0 fully saturated rings. The largest absolute Gasteiger partial charge is 0.497 e. The highest BCUT2D eigenvalue weighted by atomic mass is 16.5. The van der Waals surface area contributed by atoms with Crippen LogP contribution >= 0.6 is 0 Å². The molecule has 4 nitrogen and oxygen atoms in total. The molecule has 2 aromatic rings. The van der Waals surface area contributed by atoms with E-state index >= 15 is 0 Å². The summed E-state index contributed by atoms with van der Waals surface area (Å²) in [7, 11) is 1.54. The Bertz CT molecular complexity index is 594. The lowest BCUT2D eigenvalue weighted by Crippen LogP contribution is -2.30. The zero-order valence-electron chi connectivity index (χ0n) is 10.5. The maximum absolute atomic E-state index is 12.0. The van der Waals surface area contributed by atoms with E-state index in [-0.39, 0.29) is 11.7 Å². The molecule has 2 rings (SSSR count). The zero-order chi connectivity index (χ0) is 13.7. The molecule has 0 aromatic heterocycles. The minimum Gasteiger partial charge on any atom is -0.497 e. The number of amides is 1. The lowest BCUT2D eigenvalue weighted by molar-refractivity contribution is 0.0976. The first-order chi connectivity index (χ1) is 9.20. The fourth-order valence-corrected chi connectivity index (χ4v) is 1.63. The van der Waals surface area contributed by atoms with Crippen LogP contribution in [-0.2, 0) is 0 Å². The van der Waals surface area contributed by atoms with Crippen LogP contribution in [0.5, 0.6) is 5.75 Å². The summed E-state index contributed by atoms with van der Waals surface area (Å²) in [5, 5.41) is 10.4. The van der Waals surface area contributed by atoms with E-state index in [4.69, 9.17) is 10.1 Å². The molecular weight excluding hydrogens is 240 g/mol. The number of carbonyl (C=O) groups excluding carboxylic acids is 1. The molecule has 0 aliphatic heterocycles. The monoisotopic (exact) mass is 254 g/mol.